The van der Waals surface area contributed by atoms with Gasteiger partial charge in [0.1, 0.15) is 4.90 Å². The van der Waals surface area contributed by atoms with Crippen LogP contribution < -0.4 is 4.74 Å². The van der Waals surface area contributed by atoms with E-state index in [-0.39, 0.29) is 5.75 Å². The zero-order valence-electron chi connectivity index (χ0n) is 6.69. The lowest BCUT2D eigenvalue weighted by atomic mass is 10.3. The van der Waals surface area contributed by atoms with Crippen LogP contribution in [0.15, 0.2) is 23.1 Å². The van der Waals surface area contributed by atoms with Gasteiger partial charge in [0.15, 0.2) is 11.5 Å². The normalized spacial score (nSPS) is 11.2. The number of benzene rings is 1. The number of phenolic OH excluding ortho intramolecular Hbond substituents is 1. The maximum Gasteiger partial charge on any atom is 0.332 e. The average Bonchev–Trinajstić information content (AvgIpc) is 2.02. The van der Waals surface area contributed by atoms with Crippen LogP contribution >= 0.6 is 0 Å². The first-order valence-electron chi connectivity index (χ1n) is 3.27. The van der Waals surface area contributed by atoms with Crippen LogP contribution in [-0.4, -0.2) is 20.6 Å². The van der Waals surface area contributed by atoms with E-state index in [0.717, 1.165) is 12.1 Å². The quantitative estimate of drug-likeness (QED) is 0.735. The number of rotatable bonds is 2. The number of ether oxygens (including phenoxy) is 1. The molecule has 1 aromatic carbocycles. The van der Waals surface area contributed by atoms with Crippen molar-refractivity contribution in [3.63, 3.8) is 0 Å². The predicted octanol–water partition coefficient (Wildman–Crippen LogP) is 1.06. The Hall–Kier alpha value is -1.30. The molecule has 0 saturated heterocycles. The van der Waals surface area contributed by atoms with Gasteiger partial charge in [-0.1, -0.05) is 0 Å². The smallest absolute Gasteiger partial charge is 0.332 e. The van der Waals surface area contributed by atoms with E-state index in [0.29, 0.717) is 0 Å². The van der Waals surface area contributed by atoms with Gasteiger partial charge in [-0.2, -0.15) is 8.42 Å². The maximum atomic E-state index is 12.4. The van der Waals surface area contributed by atoms with Gasteiger partial charge in [0, 0.05) is 6.07 Å². The molecule has 0 aromatic heterocycles. The molecule has 0 saturated carbocycles. The van der Waals surface area contributed by atoms with Gasteiger partial charge < -0.3 is 9.84 Å². The molecule has 1 N–H and O–H groups in total. The molecule has 0 aliphatic carbocycles. The summed E-state index contributed by atoms with van der Waals surface area (Å²) in [4.78, 5) is -0.592. The van der Waals surface area contributed by atoms with Crippen LogP contribution in [-0.2, 0) is 10.2 Å². The number of halogens is 1. The highest BCUT2D eigenvalue weighted by Gasteiger charge is 2.14. The number of phenols is 1. The molecule has 0 fully saturated rings. The zero-order valence-corrected chi connectivity index (χ0v) is 7.51. The third kappa shape index (κ3) is 2.09. The molecule has 0 heterocycles. The Kier molecular flexibility index (Phi) is 2.42. The van der Waals surface area contributed by atoms with Gasteiger partial charge in [0.25, 0.3) is 0 Å². The molecule has 0 spiro atoms. The lowest BCUT2D eigenvalue weighted by molar-refractivity contribution is 0.372. The number of aromatic hydroxyl groups is 1. The van der Waals surface area contributed by atoms with Crippen molar-refractivity contribution in [2.24, 2.45) is 0 Å². The topological polar surface area (TPSA) is 63.6 Å². The Balaban J connectivity index is 3.26. The van der Waals surface area contributed by atoms with E-state index in [9.17, 15) is 12.3 Å². The highest BCUT2D eigenvalue weighted by molar-refractivity contribution is 7.86. The molecular weight excluding hydrogens is 199 g/mol. The zero-order chi connectivity index (χ0) is 10.1. The van der Waals surface area contributed by atoms with E-state index in [1.54, 1.807) is 0 Å². The first-order chi connectivity index (χ1) is 5.95. The molecular formula is C7H7FO4S. The molecule has 13 heavy (non-hydrogen) atoms. The van der Waals surface area contributed by atoms with E-state index < -0.39 is 20.9 Å². The standard InChI is InChI=1S/C7H7FO4S/c1-12-7-3-2-5(4-6(7)9)13(8,10)11/h2-4,9H,1H3. The van der Waals surface area contributed by atoms with E-state index in [2.05, 4.69) is 4.74 Å². The van der Waals surface area contributed by atoms with Crippen LogP contribution in [0.1, 0.15) is 0 Å². The monoisotopic (exact) mass is 206 g/mol. The van der Waals surface area contributed by atoms with Crippen LogP contribution in [0.2, 0.25) is 0 Å². The minimum absolute atomic E-state index is 0.0902. The van der Waals surface area contributed by atoms with Gasteiger partial charge in [-0.25, -0.2) is 0 Å². The molecule has 0 amide bonds. The molecule has 0 aliphatic rings. The van der Waals surface area contributed by atoms with Crippen LogP contribution in [0, 0.1) is 0 Å². The second kappa shape index (κ2) is 3.21. The third-order valence-corrected chi connectivity index (χ3v) is 2.25. The molecule has 0 bridgehead atoms. The van der Waals surface area contributed by atoms with E-state index in [1.165, 1.54) is 13.2 Å². The summed E-state index contributed by atoms with van der Waals surface area (Å²) in [6.07, 6.45) is 0. The Morgan fingerprint density at radius 1 is 1.46 bits per heavy atom. The maximum absolute atomic E-state index is 12.4. The summed E-state index contributed by atoms with van der Waals surface area (Å²) in [5.41, 5.74) is 0. The van der Waals surface area contributed by atoms with Gasteiger partial charge in [0.05, 0.1) is 7.11 Å². The largest absolute Gasteiger partial charge is 0.504 e. The molecule has 0 atom stereocenters. The minimum atomic E-state index is -4.77. The summed E-state index contributed by atoms with van der Waals surface area (Å²) in [6.45, 7) is 0. The van der Waals surface area contributed by atoms with Gasteiger partial charge >= 0.3 is 10.2 Å². The van der Waals surface area contributed by atoms with Crippen molar-refractivity contribution in [1.82, 2.24) is 0 Å². The van der Waals surface area contributed by atoms with Gasteiger partial charge in [-0.15, -0.1) is 3.89 Å². The predicted molar refractivity (Wildman–Crippen MR) is 43.0 cm³/mol. The first-order valence-corrected chi connectivity index (χ1v) is 4.65. The Bertz CT molecular complexity index is 413. The molecule has 0 radical (unpaired) electrons. The average molecular weight is 206 g/mol. The van der Waals surface area contributed by atoms with Crippen molar-refractivity contribution in [3.8, 4) is 11.5 Å². The Labute approximate surface area is 74.8 Å². The van der Waals surface area contributed by atoms with Crippen molar-refractivity contribution in [2.75, 3.05) is 7.11 Å². The second-order valence-corrected chi connectivity index (χ2v) is 3.62. The minimum Gasteiger partial charge on any atom is -0.504 e. The summed E-state index contributed by atoms with van der Waals surface area (Å²) >= 11 is 0. The third-order valence-electron chi connectivity index (χ3n) is 1.43. The van der Waals surface area contributed by atoms with E-state index in [1.807, 2.05) is 0 Å². The van der Waals surface area contributed by atoms with Crippen molar-refractivity contribution < 1.29 is 22.1 Å². The summed E-state index contributed by atoms with van der Waals surface area (Å²) in [5.74, 6) is -0.325. The van der Waals surface area contributed by atoms with Crippen molar-refractivity contribution in [2.45, 2.75) is 4.90 Å². The van der Waals surface area contributed by atoms with Gasteiger partial charge in [-0.3, -0.25) is 0 Å². The first kappa shape index (κ1) is 9.79. The van der Waals surface area contributed by atoms with Gasteiger partial charge in [-0.05, 0) is 12.1 Å². The Morgan fingerprint density at radius 2 is 2.08 bits per heavy atom. The highest BCUT2D eigenvalue weighted by atomic mass is 32.3. The number of hydrogen-bond acceptors (Lipinski definition) is 4. The summed E-state index contributed by atoms with van der Waals surface area (Å²) in [6, 6.07) is 2.96. The lowest BCUT2D eigenvalue weighted by Crippen LogP contribution is -1.92. The Morgan fingerprint density at radius 3 is 2.46 bits per heavy atom. The summed E-state index contributed by atoms with van der Waals surface area (Å²) in [7, 11) is -3.46. The summed E-state index contributed by atoms with van der Waals surface area (Å²) in [5, 5.41) is 9.10. The van der Waals surface area contributed by atoms with Crippen molar-refractivity contribution in [3.05, 3.63) is 18.2 Å². The van der Waals surface area contributed by atoms with Gasteiger partial charge in [0.2, 0.25) is 0 Å². The second-order valence-electron chi connectivity index (χ2n) is 2.27. The number of hydrogen-bond donors (Lipinski definition) is 1. The molecule has 1 rings (SSSR count). The highest BCUT2D eigenvalue weighted by Crippen LogP contribution is 2.28. The molecule has 1 aromatic rings. The van der Waals surface area contributed by atoms with E-state index in [4.69, 9.17) is 5.11 Å². The van der Waals surface area contributed by atoms with Crippen LogP contribution in [0.4, 0.5) is 3.89 Å². The lowest BCUT2D eigenvalue weighted by Gasteiger charge is -2.02. The summed E-state index contributed by atoms with van der Waals surface area (Å²) < 4.78 is 37.7. The molecule has 4 nitrogen and oxygen atoms in total. The van der Waals surface area contributed by atoms with Crippen LogP contribution in [0.5, 0.6) is 11.5 Å². The van der Waals surface area contributed by atoms with Crippen molar-refractivity contribution >= 4 is 10.2 Å². The fourth-order valence-electron chi connectivity index (χ4n) is 0.821. The molecule has 0 unspecified atom stereocenters. The van der Waals surface area contributed by atoms with Crippen LogP contribution in [0.3, 0.4) is 0 Å². The van der Waals surface area contributed by atoms with E-state index >= 15 is 0 Å². The van der Waals surface area contributed by atoms with Crippen LogP contribution in [0.25, 0.3) is 0 Å². The SMILES string of the molecule is COc1ccc(S(=O)(=O)F)cc1O. The number of methoxy groups -OCH3 is 1. The molecule has 72 valence electrons. The fourth-order valence-corrected chi connectivity index (χ4v) is 1.30. The molecule has 6 heteroatoms. The molecule has 0 aliphatic heterocycles. The van der Waals surface area contributed by atoms with Crippen molar-refractivity contribution in [1.29, 1.82) is 0 Å². The fraction of sp³-hybridized carbons (Fsp3) is 0.143.